The van der Waals surface area contributed by atoms with Crippen molar-refractivity contribution in [2.75, 3.05) is 6.54 Å². The Labute approximate surface area is 167 Å². The first-order chi connectivity index (χ1) is 14.0. The Morgan fingerprint density at radius 2 is 1.86 bits per heavy atom. The standard InChI is InChI=1S/C24H19N3O2/c1-14(23(25)28)12-27-13-21-18(24(27)29)9-8-15-6-7-16(10-19(15)21)20-11-26-22-5-3-2-4-17(20)22/h2-11,26H,1,12-13H2,(H2,25,28). The quantitative estimate of drug-likeness (QED) is 0.524. The minimum atomic E-state index is -0.583. The molecule has 1 aliphatic heterocycles. The minimum Gasteiger partial charge on any atom is -0.366 e. The molecule has 2 amide bonds. The number of para-hydroxylation sites is 1. The van der Waals surface area contributed by atoms with Crippen LogP contribution < -0.4 is 5.73 Å². The number of nitrogens with one attached hydrogen (secondary N) is 1. The van der Waals surface area contributed by atoms with Gasteiger partial charge in [-0.2, -0.15) is 0 Å². The number of primary amides is 1. The highest BCUT2D eigenvalue weighted by Crippen LogP contribution is 2.35. The van der Waals surface area contributed by atoms with Crippen LogP contribution in [0.2, 0.25) is 0 Å². The summed E-state index contributed by atoms with van der Waals surface area (Å²) in [6.07, 6.45) is 2.02. The number of benzene rings is 3. The molecule has 1 aromatic heterocycles. The monoisotopic (exact) mass is 381 g/mol. The van der Waals surface area contributed by atoms with Gasteiger partial charge in [0.25, 0.3) is 5.91 Å². The number of hydrogen-bond acceptors (Lipinski definition) is 2. The molecule has 5 heteroatoms. The summed E-state index contributed by atoms with van der Waals surface area (Å²) in [5, 5.41) is 3.29. The van der Waals surface area contributed by atoms with E-state index in [1.54, 1.807) is 4.90 Å². The lowest BCUT2D eigenvalue weighted by atomic mass is 9.96. The summed E-state index contributed by atoms with van der Waals surface area (Å²) in [7, 11) is 0. The lowest BCUT2D eigenvalue weighted by Gasteiger charge is -2.15. The second kappa shape index (κ2) is 6.34. The molecule has 5 rings (SSSR count). The molecule has 0 fully saturated rings. The molecule has 3 aromatic carbocycles. The van der Waals surface area contributed by atoms with Gasteiger partial charge in [-0.3, -0.25) is 9.59 Å². The summed E-state index contributed by atoms with van der Waals surface area (Å²) in [6.45, 7) is 4.27. The van der Waals surface area contributed by atoms with E-state index < -0.39 is 5.91 Å². The molecule has 0 unspecified atom stereocenters. The van der Waals surface area contributed by atoms with Gasteiger partial charge in [-0.05, 0) is 40.1 Å². The van der Waals surface area contributed by atoms with Crippen molar-refractivity contribution < 1.29 is 9.59 Å². The number of H-pyrrole nitrogens is 1. The van der Waals surface area contributed by atoms with Gasteiger partial charge in [0.1, 0.15) is 0 Å². The van der Waals surface area contributed by atoms with E-state index in [1.807, 2.05) is 30.5 Å². The van der Waals surface area contributed by atoms with Crippen LogP contribution in [-0.4, -0.2) is 28.2 Å². The Morgan fingerprint density at radius 1 is 1.07 bits per heavy atom. The molecule has 0 saturated carbocycles. The van der Waals surface area contributed by atoms with Crippen molar-refractivity contribution in [2.45, 2.75) is 6.54 Å². The van der Waals surface area contributed by atoms with E-state index in [0.29, 0.717) is 12.1 Å². The van der Waals surface area contributed by atoms with E-state index in [2.05, 4.69) is 41.9 Å². The highest BCUT2D eigenvalue weighted by atomic mass is 16.2. The smallest absolute Gasteiger partial charge is 0.254 e. The van der Waals surface area contributed by atoms with Gasteiger partial charge >= 0.3 is 0 Å². The van der Waals surface area contributed by atoms with Crippen LogP contribution in [0.15, 0.2) is 72.9 Å². The fourth-order valence-electron chi connectivity index (χ4n) is 4.10. The van der Waals surface area contributed by atoms with Gasteiger partial charge in [0.15, 0.2) is 0 Å². The molecule has 0 radical (unpaired) electrons. The molecular weight excluding hydrogens is 362 g/mol. The number of carbonyl (C=O) groups is 2. The molecule has 5 nitrogen and oxygen atoms in total. The number of amides is 2. The third kappa shape index (κ3) is 2.70. The number of rotatable bonds is 4. The number of aromatic amines is 1. The first-order valence-corrected chi connectivity index (χ1v) is 9.42. The van der Waals surface area contributed by atoms with Crippen LogP contribution in [0.5, 0.6) is 0 Å². The van der Waals surface area contributed by atoms with Gasteiger partial charge in [-0.15, -0.1) is 0 Å². The molecule has 0 bridgehead atoms. The number of nitrogens with two attached hydrogens (primary N) is 1. The normalized spacial score (nSPS) is 13.2. The summed E-state index contributed by atoms with van der Waals surface area (Å²) in [4.78, 5) is 29.1. The highest BCUT2D eigenvalue weighted by Gasteiger charge is 2.29. The Morgan fingerprint density at radius 3 is 2.69 bits per heavy atom. The predicted molar refractivity (Wildman–Crippen MR) is 114 cm³/mol. The van der Waals surface area contributed by atoms with E-state index in [1.165, 1.54) is 0 Å². The Kier molecular flexibility index (Phi) is 3.77. The fourth-order valence-corrected chi connectivity index (χ4v) is 4.10. The second-order valence-corrected chi connectivity index (χ2v) is 7.40. The zero-order valence-electron chi connectivity index (χ0n) is 15.7. The molecule has 1 aliphatic rings. The van der Waals surface area contributed by atoms with Crippen molar-refractivity contribution in [3.05, 3.63) is 84.1 Å². The van der Waals surface area contributed by atoms with Gasteiger partial charge in [0.05, 0.1) is 6.54 Å². The van der Waals surface area contributed by atoms with Crippen molar-refractivity contribution in [1.29, 1.82) is 0 Å². The Balaban J connectivity index is 1.61. The number of nitrogens with zero attached hydrogens (tertiary/aromatic N) is 1. The lowest BCUT2D eigenvalue weighted by molar-refractivity contribution is -0.114. The van der Waals surface area contributed by atoms with Crippen LogP contribution in [0.4, 0.5) is 0 Å². The van der Waals surface area contributed by atoms with E-state index in [9.17, 15) is 9.59 Å². The van der Waals surface area contributed by atoms with Crippen LogP contribution in [0.25, 0.3) is 32.8 Å². The van der Waals surface area contributed by atoms with Crippen LogP contribution in [0, 0.1) is 0 Å². The summed E-state index contributed by atoms with van der Waals surface area (Å²) >= 11 is 0. The first-order valence-electron chi connectivity index (χ1n) is 9.42. The van der Waals surface area contributed by atoms with Gasteiger partial charge in [0.2, 0.25) is 5.91 Å². The van der Waals surface area contributed by atoms with Gasteiger partial charge < -0.3 is 15.6 Å². The third-order valence-electron chi connectivity index (χ3n) is 5.63. The maximum Gasteiger partial charge on any atom is 0.254 e. The average molecular weight is 381 g/mol. The second-order valence-electron chi connectivity index (χ2n) is 7.40. The topological polar surface area (TPSA) is 79.2 Å². The van der Waals surface area contributed by atoms with Crippen molar-refractivity contribution in [2.24, 2.45) is 5.73 Å². The fraction of sp³-hybridized carbons (Fsp3) is 0.0833. The molecule has 3 N–H and O–H groups in total. The van der Waals surface area contributed by atoms with E-state index in [-0.39, 0.29) is 18.0 Å². The first kappa shape index (κ1) is 17.3. The van der Waals surface area contributed by atoms with Crippen LogP contribution in [0.1, 0.15) is 15.9 Å². The molecule has 2 heterocycles. The average Bonchev–Trinajstić information content (AvgIpc) is 3.29. The third-order valence-corrected chi connectivity index (χ3v) is 5.63. The van der Waals surface area contributed by atoms with E-state index in [0.717, 1.165) is 38.4 Å². The van der Waals surface area contributed by atoms with Crippen molar-refractivity contribution in [3.8, 4) is 11.1 Å². The molecule has 29 heavy (non-hydrogen) atoms. The maximum atomic E-state index is 12.8. The molecule has 0 aliphatic carbocycles. The molecule has 0 spiro atoms. The highest BCUT2D eigenvalue weighted by molar-refractivity contribution is 6.06. The maximum absolute atomic E-state index is 12.8. The zero-order chi connectivity index (χ0) is 20.1. The number of hydrogen-bond donors (Lipinski definition) is 2. The lowest BCUT2D eigenvalue weighted by Crippen LogP contribution is -2.30. The molecular formula is C24H19N3O2. The van der Waals surface area contributed by atoms with Crippen molar-refractivity contribution >= 4 is 33.5 Å². The number of aromatic nitrogens is 1. The summed E-state index contributed by atoms with van der Waals surface area (Å²) in [6, 6.07) is 18.4. The largest absolute Gasteiger partial charge is 0.366 e. The summed E-state index contributed by atoms with van der Waals surface area (Å²) in [5.74, 6) is -0.679. The minimum absolute atomic E-state index is 0.0956. The van der Waals surface area contributed by atoms with E-state index >= 15 is 0 Å². The summed E-state index contributed by atoms with van der Waals surface area (Å²) < 4.78 is 0. The Hall–Kier alpha value is -3.86. The SMILES string of the molecule is C=C(CN1Cc2c(ccc3ccc(-c4c[nH]c5ccccc45)cc23)C1=O)C(N)=O. The van der Waals surface area contributed by atoms with E-state index in [4.69, 9.17) is 5.73 Å². The predicted octanol–water partition coefficient (Wildman–Crippen LogP) is 3.99. The van der Waals surface area contributed by atoms with Gasteiger partial charge in [-0.25, -0.2) is 0 Å². The number of carbonyl (C=O) groups excluding carboxylic acids is 2. The Bertz CT molecular complexity index is 1330. The molecule has 142 valence electrons. The van der Waals surface area contributed by atoms with Crippen LogP contribution in [-0.2, 0) is 11.3 Å². The molecule has 0 saturated heterocycles. The zero-order valence-corrected chi connectivity index (χ0v) is 15.7. The summed E-state index contributed by atoms with van der Waals surface area (Å²) in [5.41, 5.74) is 10.5. The van der Waals surface area contributed by atoms with Gasteiger partial charge in [-0.1, -0.05) is 43.0 Å². The van der Waals surface area contributed by atoms with Crippen molar-refractivity contribution in [3.63, 3.8) is 0 Å². The molecule has 0 atom stereocenters. The van der Waals surface area contributed by atoms with Gasteiger partial charge in [0, 0.05) is 40.3 Å². The molecule has 4 aromatic rings. The van der Waals surface area contributed by atoms with Crippen LogP contribution in [0.3, 0.4) is 0 Å². The number of fused-ring (bicyclic) bond motifs is 4. The van der Waals surface area contributed by atoms with Crippen LogP contribution >= 0.6 is 0 Å². The van der Waals surface area contributed by atoms with Crippen molar-refractivity contribution in [1.82, 2.24) is 9.88 Å².